The number of allylic oxidation sites excluding steroid dienone is 1. The van der Waals surface area contributed by atoms with Crippen LogP contribution in [0.1, 0.15) is 17.5 Å². The molecular weight excluding hydrogens is 399 g/mol. The Balaban J connectivity index is 0.000000568. The van der Waals surface area contributed by atoms with Gasteiger partial charge < -0.3 is 17.2 Å². The summed E-state index contributed by atoms with van der Waals surface area (Å²) < 4.78 is 85.1. The van der Waals surface area contributed by atoms with Crippen LogP contribution in [0.15, 0.2) is 16.1 Å². The molecule has 1 aliphatic rings. The molecule has 154 valence electrons. The fourth-order valence-electron chi connectivity index (χ4n) is 2.22. The summed E-state index contributed by atoms with van der Waals surface area (Å²) in [7, 11) is 0. The summed E-state index contributed by atoms with van der Waals surface area (Å²) in [5.41, 5.74) is 15.5. The lowest BCUT2D eigenvalue weighted by Gasteiger charge is -2.09. The molecule has 0 saturated carbocycles. The highest BCUT2D eigenvalue weighted by Crippen LogP contribution is 2.36. The predicted molar refractivity (Wildman–Crippen MR) is 87.0 cm³/mol. The second-order valence-electron chi connectivity index (χ2n) is 5.23. The number of benzene rings is 1. The van der Waals surface area contributed by atoms with Crippen LogP contribution in [0.5, 0.6) is 0 Å². The molecule has 0 amide bonds. The lowest BCUT2D eigenvalue weighted by atomic mass is 10.0. The van der Waals surface area contributed by atoms with E-state index < -0.39 is 35.7 Å². The lowest BCUT2D eigenvalue weighted by Crippen LogP contribution is -2.26. The van der Waals surface area contributed by atoms with Crippen LogP contribution in [0.3, 0.4) is 0 Å². The first-order chi connectivity index (χ1) is 12.9. The van der Waals surface area contributed by atoms with Crippen molar-refractivity contribution >= 4 is 23.8 Å². The van der Waals surface area contributed by atoms with Gasteiger partial charge in [0.25, 0.3) is 0 Å². The summed E-state index contributed by atoms with van der Waals surface area (Å²) in [5.74, 6) is -6.84. The van der Waals surface area contributed by atoms with Gasteiger partial charge in [-0.05, 0) is 18.4 Å². The van der Waals surface area contributed by atoms with Crippen molar-refractivity contribution in [2.75, 3.05) is 6.54 Å². The molecule has 0 fully saturated rings. The number of halogens is 7. The molecule has 28 heavy (non-hydrogen) atoms. The monoisotopic (exact) mass is 413 g/mol. The number of aldehydes is 1. The quantitative estimate of drug-likeness (QED) is 0.175. The van der Waals surface area contributed by atoms with Crippen molar-refractivity contribution in [2.24, 2.45) is 27.2 Å². The second kappa shape index (κ2) is 9.19. The lowest BCUT2D eigenvalue weighted by molar-refractivity contribution is -0.156. The van der Waals surface area contributed by atoms with Crippen LogP contribution in [0, 0.1) is 23.3 Å². The van der Waals surface area contributed by atoms with Gasteiger partial charge in [-0.2, -0.15) is 18.2 Å². The molecule has 0 aliphatic heterocycles. The summed E-state index contributed by atoms with van der Waals surface area (Å²) in [5, 5.41) is 0. The minimum Gasteiger partial charge on any atom is -0.370 e. The zero-order valence-electron chi connectivity index (χ0n) is 14.0. The van der Waals surface area contributed by atoms with Crippen molar-refractivity contribution in [2.45, 2.75) is 19.0 Å². The first kappa shape index (κ1) is 22.9. The fraction of sp³-hybridized carbons (Fsp3) is 0.267. The molecular formula is C15H14F7N5O. The average Bonchev–Trinajstić information content (AvgIpc) is 3.01. The van der Waals surface area contributed by atoms with Crippen LogP contribution < -0.4 is 17.2 Å². The van der Waals surface area contributed by atoms with Crippen LogP contribution in [-0.4, -0.2) is 30.9 Å². The van der Waals surface area contributed by atoms with Crippen molar-refractivity contribution in [3.05, 3.63) is 40.5 Å². The average molecular weight is 413 g/mol. The van der Waals surface area contributed by atoms with Gasteiger partial charge in [0.1, 0.15) is 0 Å². The molecule has 6 N–H and O–H groups in total. The third kappa shape index (κ3) is 5.96. The highest BCUT2D eigenvalue weighted by Gasteiger charge is 2.29. The number of hydrogen-bond donors (Lipinski definition) is 3. The number of carbonyl (C=O) groups excluding carboxylic acids is 1. The number of rotatable bonds is 3. The normalized spacial score (nSPS) is 13.2. The van der Waals surface area contributed by atoms with Gasteiger partial charge in [-0.25, -0.2) is 17.6 Å². The van der Waals surface area contributed by atoms with Gasteiger partial charge in [-0.3, -0.25) is 9.79 Å². The maximum absolute atomic E-state index is 13.8. The Morgan fingerprint density at radius 1 is 1.04 bits per heavy atom. The number of aliphatic imine (C=N–C) groups is 2. The number of guanidine groups is 2. The molecule has 0 aromatic heterocycles. The highest BCUT2D eigenvalue weighted by atomic mass is 19.4. The Morgan fingerprint density at radius 2 is 1.57 bits per heavy atom. The molecule has 0 heterocycles. The largest absolute Gasteiger partial charge is 0.446 e. The van der Waals surface area contributed by atoms with E-state index in [0.29, 0.717) is 5.57 Å². The Kier molecular flexibility index (Phi) is 7.52. The van der Waals surface area contributed by atoms with Crippen molar-refractivity contribution in [1.29, 1.82) is 0 Å². The van der Waals surface area contributed by atoms with E-state index in [0.717, 1.165) is 0 Å². The molecule has 1 aromatic carbocycles. The van der Waals surface area contributed by atoms with E-state index in [9.17, 15) is 30.7 Å². The van der Waals surface area contributed by atoms with Crippen molar-refractivity contribution in [3.63, 3.8) is 0 Å². The third-order valence-corrected chi connectivity index (χ3v) is 3.27. The van der Waals surface area contributed by atoms with Crippen LogP contribution >= 0.6 is 0 Å². The third-order valence-electron chi connectivity index (χ3n) is 3.27. The molecule has 0 bridgehead atoms. The SMILES string of the molecule is NC(N)=NC(N)=NCCC1=CCc2c(F)c(F)c(F)c(F)c21.O=CC(F)(F)F. The van der Waals surface area contributed by atoms with E-state index in [2.05, 4.69) is 9.98 Å². The van der Waals surface area contributed by atoms with Crippen molar-refractivity contribution in [3.8, 4) is 0 Å². The Labute approximate surface area is 153 Å². The number of carbonyl (C=O) groups is 1. The number of nitrogens with zero attached hydrogens (tertiary/aromatic N) is 2. The molecule has 0 saturated heterocycles. The zero-order chi connectivity index (χ0) is 21.6. The van der Waals surface area contributed by atoms with Gasteiger partial charge in [-0.1, -0.05) is 6.08 Å². The number of hydrogen-bond acceptors (Lipinski definition) is 2. The molecule has 6 nitrogen and oxygen atoms in total. The van der Waals surface area contributed by atoms with Crippen LogP contribution in [0.4, 0.5) is 30.7 Å². The Morgan fingerprint density at radius 3 is 2.07 bits per heavy atom. The van der Waals surface area contributed by atoms with E-state index in [-0.39, 0.29) is 42.4 Å². The molecule has 0 atom stereocenters. The minimum atomic E-state index is -4.64. The minimum absolute atomic E-state index is 0.0162. The van der Waals surface area contributed by atoms with E-state index in [4.69, 9.17) is 22.0 Å². The first-order valence-corrected chi connectivity index (χ1v) is 7.35. The van der Waals surface area contributed by atoms with E-state index in [1.165, 1.54) is 6.08 Å². The molecule has 0 unspecified atom stereocenters. The van der Waals surface area contributed by atoms with Crippen molar-refractivity contribution < 1.29 is 35.5 Å². The first-order valence-electron chi connectivity index (χ1n) is 7.35. The molecule has 0 radical (unpaired) electrons. The predicted octanol–water partition coefficient (Wildman–Crippen LogP) is 1.91. The van der Waals surface area contributed by atoms with E-state index >= 15 is 0 Å². The maximum atomic E-state index is 13.8. The summed E-state index contributed by atoms with van der Waals surface area (Å²) in [4.78, 5) is 16.0. The van der Waals surface area contributed by atoms with Crippen LogP contribution in [-0.2, 0) is 11.2 Å². The van der Waals surface area contributed by atoms with Gasteiger partial charge in [0.05, 0.1) is 0 Å². The number of nitrogens with two attached hydrogens (primary N) is 3. The number of fused-ring (bicyclic) bond motifs is 1. The molecule has 1 aliphatic carbocycles. The van der Waals surface area contributed by atoms with Gasteiger partial charge >= 0.3 is 6.18 Å². The topological polar surface area (TPSA) is 120 Å². The summed E-state index contributed by atoms with van der Waals surface area (Å²) >= 11 is 0. The standard InChI is InChI=1S/C13H13F4N5.C2HF3O/c14-8-6-2-1-5(3-4-21-13(20)22-12(18)19)7(6)9(15)11(17)10(8)16;3-2(4,5)1-6/h1H,2-4H2,(H6,18,19,20,21,22);1H. The number of alkyl halides is 3. The van der Waals surface area contributed by atoms with Crippen LogP contribution in [0.2, 0.25) is 0 Å². The van der Waals surface area contributed by atoms with Gasteiger partial charge in [0.2, 0.25) is 12.2 Å². The van der Waals surface area contributed by atoms with Gasteiger partial charge in [0, 0.05) is 17.7 Å². The molecule has 2 rings (SSSR count). The summed E-state index contributed by atoms with van der Waals surface area (Å²) in [6.45, 7) is 0.0773. The van der Waals surface area contributed by atoms with Crippen LogP contribution in [0.25, 0.3) is 5.57 Å². The van der Waals surface area contributed by atoms with Crippen molar-refractivity contribution in [1.82, 2.24) is 0 Å². The smallest absolute Gasteiger partial charge is 0.370 e. The molecule has 0 spiro atoms. The fourth-order valence-corrected chi connectivity index (χ4v) is 2.22. The Hall–Kier alpha value is -3.12. The van der Waals surface area contributed by atoms with E-state index in [1.54, 1.807) is 0 Å². The second-order valence-corrected chi connectivity index (χ2v) is 5.23. The summed E-state index contributed by atoms with van der Waals surface area (Å²) in [6, 6.07) is 0. The Bertz CT molecular complexity index is 842. The maximum Gasteiger partial charge on any atom is 0.446 e. The van der Waals surface area contributed by atoms with Gasteiger partial charge in [-0.15, -0.1) is 0 Å². The zero-order valence-corrected chi connectivity index (χ0v) is 14.0. The van der Waals surface area contributed by atoms with Gasteiger partial charge in [0.15, 0.2) is 29.2 Å². The van der Waals surface area contributed by atoms with E-state index in [1.807, 2.05) is 0 Å². The highest BCUT2D eigenvalue weighted by molar-refractivity contribution is 5.92. The molecule has 13 heteroatoms. The molecule has 1 aromatic rings. The summed E-state index contributed by atoms with van der Waals surface area (Å²) in [6.07, 6.45) is -4.08.